The van der Waals surface area contributed by atoms with Crippen LogP contribution >= 0.6 is 0 Å². The molecule has 0 spiro atoms. The van der Waals surface area contributed by atoms with Crippen molar-refractivity contribution < 1.29 is 0 Å². The van der Waals surface area contributed by atoms with E-state index in [1.54, 1.807) is 0 Å². The van der Waals surface area contributed by atoms with Gasteiger partial charge >= 0.3 is 0 Å². The van der Waals surface area contributed by atoms with Crippen LogP contribution in [0.15, 0.2) is 54.6 Å². The lowest BCUT2D eigenvalue weighted by Crippen LogP contribution is -2.45. The molecule has 1 aliphatic rings. The lowest BCUT2D eigenvalue weighted by Gasteiger charge is -2.34. The quantitative estimate of drug-likeness (QED) is 0.502. The molecular weight excluding hydrogens is 304 g/mol. The van der Waals surface area contributed by atoms with Gasteiger partial charge in [0.05, 0.1) is 0 Å². The summed E-state index contributed by atoms with van der Waals surface area (Å²) in [6.07, 6.45) is 0. The Morgan fingerprint density at radius 2 is 1.28 bits per heavy atom. The van der Waals surface area contributed by atoms with E-state index in [0.29, 0.717) is 0 Å². The zero-order valence-corrected chi connectivity index (χ0v) is 14.8. The second kappa shape index (κ2) is 5.98. The first kappa shape index (κ1) is 15.1. The first-order chi connectivity index (χ1) is 12.3. The molecule has 2 heteroatoms. The van der Waals surface area contributed by atoms with Gasteiger partial charge in [-0.2, -0.15) is 0 Å². The number of likely N-dealkylation sites (N-methyl/N-ethyl adjacent to an activating group) is 1. The van der Waals surface area contributed by atoms with Crippen LogP contribution in [0.1, 0.15) is 12.5 Å². The molecule has 126 valence electrons. The summed E-state index contributed by atoms with van der Waals surface area (Å²) in [5, 5.41) is 8.36. The first-order valence-electron chi connectivity index (χ1n) is 9.43. The van der Waals surface area contributed by atoms with Crippen LogP contribution < -0.4 is 0 Å². The molecule has 2 nitrogen and oxygen atoms in total. The number of benzene rings is 4. The van der Waals surface area contributed by atoms with Gasteiger partial charge in [0.25, 0.3) is 0 Å². The Kier molecular flexibility index (Phi) is 3.61. The van der Waals surface area contributed by atoms with Crippen LogP contribution in [0, 0.1) is 0 Å². The minimum atomic E-state index is 1.06. The Morgan fingerprint density at radius 1 is 0.680 bits per heavy atom. The van der Waals surface area contributed by atoms with Gasteiger partial charge in [0.15, 0.2) is 0 Å². The zero-order chi connectivity index (χ0) is 16.8. The fourth-order valence-corrected chi connectivity index (χ4v) is 4.44. The summed E-state index contributed by atoms with van der Waals surface area (Å²) in [6, 6.07) is 20.4. The Bertz CT molecular complexity index is 1010. The van der Waals surface area contributed by atoms with Crippen molar-refractivity contribution in [3.05, 3.63) is 60.2 Å². The van der Waals surface area contributed by atoms with Crippen molar-refractivity contribution in [1.82, 2.24) is 9.80 Å². The highest BCUT2D eigenvalue weighted by molar-refractivity contribution is 6.23. The second-order valence-electron chi connectivity index (χ2n) is 7.29. The summed E-state index contributed by atoms with van der Waals surface area (Å²) < 4.78 is 0. The van der Waals surface area contributed by atoms with Gasteiger partial charge in [-0.15, -0.1) is 0 Å². The molecule has 4 aromatic rings. The lowest BCUT2D eigenvalue weighted by molar-refractivity contribution is 0.132. The van der Waals surface area contributed by atoms with Gasteiger partial charge in [-0.05, 0) is 44.4 Å². The molecule has 0 bridgehead atoms. The summed E-state index contributed by atoms with van der Waals surface area (Å²) in [5.74, 6) is 0. The third-order valence-electron chi connectivity index (χ3n) is 5.93. The minimum absolute atomic E-state index is 1.06. The fourth-order valence-electron chi connectivity index (χ4n) is 4.44. The van der Waals surface area contributed by atoms with Crippen LogP contribution in [0.5, 0.6) is 0 Å². The van der Waals surface area contributed by atoms with E-state index in [4.69, 9.17) is 0 Å². The van der Waals surface area contributed by atoms with Crippen molar-refractivity contribution in [2.75, 3.05) is 32.7 Å². The van der Waals surface area contributed by atoms with E-state index in [0.717, 1.165) is 6.54 Å². The normalized spacial score (nSPS) is 17.2. The van der Waals surface area contributed by atoms with Crippen molar-refractivity contribution >= 4 is 32.3 Å². The molecule has 4 aromatic carbocycles. The molecule has 0 aromatic heterocycles. The molecule has 1 aliphatic heterocycles. The SMILES string of the molecule is CCN1CCN(Cc2ccc3ccc4cccc5ccc2c3c45)CC1. The molecule has 5 rings (SSSR count). The van der Waals surface area contributed by atoms with Crippen LogP contribution in [0.3, 0.4) is 0 Å². The van der Waals surface area contributed by atoms with Crippen LogP contribution in [0.2, 0.25) is 0 Å². The van der Waals surface area contributed by atoms with Crippen LogP contribution in [-0.2, 0) is 6.54 Å². The standard InChI is InChI=1S/C23H24N2/c1-2-24-12-14-25(15-13-24)16-20-9-8-19-7-6-17-4-3-5-18-10-11-21(20)23(19)22(17)18/h3-11H,2,12-16H2,1H3. The maximum absolute atomic E-state index is 2.61. The monoisotopic (exact) mass is 328 g/mol. The lowest BCUT2D eigenvalue weighted by atomic mass is 9.92. The number of rotatable bonds is 3. The molecule has 0 N–H and O–H groups in total. The molecule has 0 saturated carbocycles. The average Bonchev–Trinajstić information content (AvgIpc) is 2.68. The average molecular weight is 328 g/mol. The molecule has 0 aliphatic carbocycles. The number of hydrogen-bond acceptors (Lipinski definition) is 2. The van der Waals surface area contributed by atoms with E-state index in [9.17, 15) is 0 Å². The number of nitrogens with zero attached hydrogens (tertiary/aromatic N) is 2. The predicted molar refractivity (Wildman–Crippen MR) is 108 cm³/mol. The Morgan fingerprint density at radius 3 is 2.00 bits per heavy atom. The Balaban J connectivity index is 1.59. The van der Waals surface area contributed by atoms with Crippen molar-refractivity contribution in [3.63, 3.8) is 0 Å². The zero-order valence-electron chi connectivity index (χ0n) is 14.8. The summed E-state index contributed by atoms with van der Waals surface area (Å²) in [6.45, 7) is 9.24. The summed E-state index contributed by atoms with van der Waals surface area (Å²) in [7, 11) is 0. The smallest absolute Gasteiger partial charge is 0.0240 e. The van der Waals surface area contributed by atoms with Gasteiger partial charge in [-0.25, -0.2) is 0 Å². The molecule has 0 atom stereocenters. The number of piperazine rings is 1. The highest BCUT2D eigenvalue weighted by atomic mass is 15.3. The molecule has 0 amide bonds. The fraction of sp³-hybridized carbons (Fsp3) is 0.304. The van der Waals surface area contributed by atoms with E-state index in [-0.39, 0.29) is 0 Å². The van der Waals surface area contributed by atoms with Gasteiger partial charge in [0.1, 0.15) is 0 Å². The third kappa shape index (κ3) is 2.48. The second-order valence-corrected chi connectivity index (χ2v) is 7.29. The van der Waals surface area contributed by atoms with Crippen LogP contribution in [0.25, 0.3) is 32.3 Å². The molecule has 25 heavy (non-hydrogen) atoms. The van der Waals surface area contributed by atoms with Crippen molar-refractivity contribution in [1.29, 1.82) is 0 Å². The molecule has 0 radical (unpaired) electrons. The van der Waals surface area contributed by atoms with Crippen molar-refractivity contribution in [2.24, 2.45) is 0 Å². The van der Waals surface area contributed by atoms with Gasteiger partial charge in [-0.3, -0.25) is 4.90 Å². The largest absolute Gasteiger partial charge is 0.301 e. The van der Waals surface area contributed by atoms with Crippen LogP contribution in [-0.4, -0.2) is 42.5 Å². The van der Waals surface area contributed by atoms with E-state index in [1.165, 1.54) is 70.6 Å². The molecular formula is C23H24N2. The first-order valence-corrected chi connectivity index (χ1v) is 9.43. The van der Waals surface area contributed by atoms with Gasteiger partial charge in [0.2, 0.25) is 0 Å². The van der Waals surface area contributed by atoms with E-state index >= 15 is 0 Å². The topological polar surface area (TPSA) is 6.48 Å². The summed E-state index contributed by atoms with van der Waals surface area (Å²) >= 11 is 0. The maximum atomic E-state index is 2.61. The highest BCUT2D eigenvalue weighted by Crippen LogP contribution is 2.36. The predicted octanol–water partition coefficient (Wildman–Crippen LogP) is 4.72. The number of hydrogen-bond donors (Lipinski definition) is 0. The third-order valence-corrected chi connectivity index (χ3v) is 5.93. The Labute approximate surface area is 149 Å². The summed E-state index contributed by atoms with van der Waals surface area (Å²) in [4.78, 5) is 5.15. The van der Waals surface area contributed by atoms with Crippen LogP contribution in [0.4, 0.5) is 0 Å². The highest BCUT2D eigenvalue weighted by Gasteiger charge is 2.17. The Hall–Kier alpha value is -2.16. The van der Waals surface area contributed by atoms with Crippen molar-refractivity contribution in [3.8, 4) is 0 Å². The minimum Gasteiger partial charge on any atom is -0.301 e. The molecule has 1 saturated heterocycles. The summed E-state index contributed by atoms with van der Waals surface area (Å²) in [5.41, 5.74) is 1.47. The molecule has 1 fully saturated rings. The van der Waals surface area contributed by atoms with E-state index < -0.39 is 0 Å². The van der Waals surface area contributed by atoms with Gasteiger partial charge in [0, 0.05) is 32.7 Å². The van der Waals surface area contributed by atoms with Gasteiger partial charge in [-0.1, -0.05) is 61.5 Å². The van der Waals surface area contributed by atoms with Gasteiger partial charge < -0.3 is 4.90 Å². The van der Waals surface area contributed by atoms with E-state index in [2.05, 4.69) is 71.3 Å². The van der Waals surface area contributed by atoms with E-state index in [1.807, 2.05) is 0 Å². The maximum Gasteiger partial charge on any atom is 0.0240 e. The van der Waals surface area contributed by atoms with Crippen molar-refractivity contribution in [2.45, 2.75) is 13.5 Å². The molecule has 1 heterocycles. The molecule has 0 unspecified atom stereocenters.